The van der Waals surface area contributed by atoms with E-state index in [0.29, 0.717) is 5.56 Å². The average Bonchev–Trinajstić information content (AvgIpc) is 2.90. The Hall–Kier alpha value is -1.45. The SMILES string of the molecule is CCc1nc(C)ncc1C(=O)N1CC2CCCCC2C1. The second kappa shape index (κ2) is 5.51. The lowest BCUT2D eigenvalue weighted by Crippen LogP contribution is -2.30. The molecule has 0 radical (unpaired) electrons. The molecule has 1 saturated carbocycles. The molecule has 3 rings (SSSR count). The summed E-state index contributed by atoms with van der Waals surface area (Å²) in [5, 5.41) is 0. The van der Waals surface area contributed by atoms with E-state index in [4.69, 9.17) is 0 Å². The number of rotatable bonds is 2. The van der Waals surface area contributed by atoms with Crippen molar-refractivity contribution in [3.05, 3.63) is 23.3 Å². The first-order chi connectivity index (χ1) is 9.69. The van der Waals surface area contributed by atoms with Crippen LogP contribution in [0.1, 0.15) is 54.5 Å². The van der Waals surface area contributed by atoms with E-state index in [-0.39, 0.29) is 5.91 Å². The van der Waals surface area contributed by atoms with Crippen molar-refractivity contribution in [2.24, 2.45) is 11.8 Å². The predicted octanol–water partition coefficient (Wildman–Crippen LogP) is 2.61. The largest absolute Gasteiger partial charge is 0.338 e. The number of hydrogen-bond acceptors (Lipinski definition) is 3. The molecular formula is C16H23N3O. The Morgan fingerprint density at radius 3 is 2.55 bits per heavy atom. The van der Waals surface area contributed by atoms with E-state index >= 15 is 0 Å². The van der Waals surface area contributed by atoms with Crippen LogP contribution < -0.4 is 0 Å². The van der Waals surface area contributed by atoms with Gasteiger partial charge < -0.3 is 4.90 Å². The number of carbonyl (C=O) groups is 1. The van der Waals surface area contributed by atoms with Gasteiger partial charge in [-0.05, 0) is 38.0 Å². The summed E-state index contributed by atoms with van der Waals surface area (Å²) >= 11 is 0. The first-order valence-electron chi connectivity index (χ1n) is 7.80. The topological polar surface area (TPSA) is 46.1 Å². The van der Waals surface area contributed by atoms with Crippen molar-refractivity contribution in [3.63, 3.8) is 0 Å². The zero-order valence-electron chi connectivity index (χ0n) is 12.4. The number of carbonyl (C=O) groups excluding carboxylic acids is 1. The van der Waals surface area contributed by atoms with Gasteiger partial charge in [0.15, 0.2) is 0 Å². The van der Waals surface area contributed by atoms with Crippen LogP contribution in [-0.4, -0.2) is 33.9 Å². The van der Waals surface area contributed by atoms with Crippen molar-refractivity contribution < 1.29 is 4.79 Å². The molecule has 2 atom stereocenters. The molecule has 1 aromatic heterocycles. The summed E-state index contributed by atoms with van der Waals surface area (Å²) < 4.78 is 0. The van der Waals surface area contributed by atoms with Crippen LogP contribution in [0.4, 0.5) is 0 Å². The van der Waals surface area contributed by atoms with Crippen LogP contribution in [0.25, 0.3) is 0 Å². The highest BCUT2D eigenvalue weighted by Gasteiger charge is 2.37. The fraction of sp³-hybridized carbons (Fsp3) is 0.688. The van der Waals surface area contributed by atoms with Gasteiger partial charge in [0.1, 0.15) is 5.82 Å². The normalized spacial score (nSPS) is 25.6. The highest BCUT2D eigenvalue weighted by atomic mass is 16.2. The van der Waals surface area contributed by atoms with Gasteiger partial charge in [-0.15, -0.1) is 0 Å². The van der Waals surface area contributed by atoms with E-state index in [1.807, 2.05) is 18.7 Å². The zero-order chi connectivity index (χ0) is 14.1. The van der Waals surface area contributed by atoms with Crippen LogP contribution in [0, 0.1) is 18.8 Å². The molecule has 0 aromatic carbocycles. The molecule has 4 nitrogen and oxygen atoms in total. The smallest absolute Gasteiger partial charge is 0.257 e. The van der Waals surface area contributed by atoms with Crippen molar-refractivity contribution in [2.75, 3.05) is 13.1 Å². The minimum absolute atomic E-state index is 0.135. The van der Waals surface area contributed by atoms with Crippen molar-refractivity contribution in [3.8, 4) is 0 Å². The summed E-state index contributed by atoms with van der Waals surface area (Å²) in [5.41, 5.74) is 1.59. The van der Waals surface area contributed by atoms with E-state index in [1.165, 1.54) is 25.7 Å². The lowest BCUT2D eigenvalue weighted by molar-refractivity contribution is 0.0782. The number of aryl methyl sites for hydroxylation is 2. The molecule has 1 aliphatic heterocycles. The van der Waals surface area contributed by atoms with Gasteiger partial charge in [-0.3, -0.25) is 4.79 Å². The summed E-state index contributed by atoms with van der Waals surface area (Å²) in [4.78, 5) is 23.4. The summed E-state index contributed by atoms with van der Waals surface area (Å²) in [6.07, 6.45) is 7.74. The molecule has 20 heavy (non-hydrogen) atoms. The first-order valence-corrected chi connectivity index (χ1v) is 7.80. The highest BCUT2D eigenvalue weighted by Crippen LogP contribution is 2.36. The Morgan fingerprint density at radius 1 is 1.30 bits per heavy atom. The highest BCUT2D eigenvalue weighted by molar-refractivity contribution is 5.95. The molecule has 1 aliphatic carbocycles. The zero-order valence-corrected chi connectivity index (χ0v) is 12.4. The van der Waals surface area contributed by atoms with Crippen LogP contribution >= 0.6 is 0 Å². The van der Waals surface area contributed by atoms with Crippen molar-refractivity contribution in [1.29, 1.82) is 0 Å². The third kappa shape index (κ3) is 2.43. The van der Waals surface area contributed by atoms with Gasteiger partial charge in [0.05, 0.1) is 11.3 Å². The van der Waals surface area contributed by atoms with Crippen molar-refractivity contribution >= 4 is 5.91 Å². The van der Waals surface area contributed by atoms with Gasteiger partial charge in [0.2, 0.25) is 0 Å². The molecule has 1 aromatic rings. The molecule has 1 saturated heterocycles. The quantitative estimate of drug-likeness (QED) is 0.832. The Morgan fingerprint density at radius 2 is 1.95 bits per heavy atom. The minimum Gasteiger partial charge on any atom is -0.338 e. The van der Waals surface area contributed by atoms with E-state index in [0.717, 1.165) is 42.9 Å². The number of likely N-dealkylation sites (tertiary alicyclic amines) is 1. The minimum atomic E-state index is 0.135. The van der Waals surface area contributed by atoms with Crippen molar-refractivity contribution in [2.45, 2.75) is 46.0 Å². The Bertz CT molecular complexity index is 500. The van der Waals surface area contributed by atoms with Crippen LogP contribution in [0.5, 0.6) is 0 Å². The third-order valence-electron chi connectivity index (χ3n) is 4.82. The second-order valence-electron chi connectivity index (χ2n) is 6.15. The maximum atomic E-state index is 12.7. The first kappa shape index (κ1) is 13.5. The molecule has 2 unspecified atom stereocenters. The molecule has 0 N–H and O–H groups in total. The molecule has 1 amide bonds. The van der Waals surface area contributed by atoms with Crippen LogP contribution in [0.2, 0.25) is 0 Å². The molecule has 2 aliphatic rings. The molecule has 2 fully saturated rings. The molecular weight excluding hydrogens is 250 g/mol. The average molecular weight is 273 g/mol. The molecule has 108 valence electrons. The van der Waals surface area contributed by atoms with E-state index in [1.54, 1.807) is 6.20 Å². The van der Waals surface area contributed by atoms with Crippen molar-refractivity contribution in [1.82, 2.24) is 14.9 Å². The van der Waals surface area contributed by atoms with E-state index < -0.39 is 0 Å². The number of hydrogen-bond donors (Lipinski definition) is 0. The molecule has 4 heteroatoms. The van der Waals surface area contributed by atoms with Gasteiger partial charge in [0.25, 0.3) is 5.91 Å². The molecule has 2 heterocycles. The fourth-order valence-corrected chi connectivity index (χ4v) is 3.71. The monoisotopic (exact) mass is 273 g/mol. The molecule has 0 spiro atoms. The van der Waals surface area contributed by atoms with Gasteiger partial charge >= 0.3 is 0 Å². The Labute approximate surface area is 120 Å². The maximum absolute atomic E-state index is 12.7. The van der Waals surface area contributed by atoms with Crippen LogP contribution in [0.3, 0.4) is 0 Å². The standard InChI is InChI=1S/C16H23N3O/c1-3-15-14(8-17-11(2)18-15)16(20)19-9-12-6-4-5-7-13(12)10-19/h8,12-13H,3-7,9-10H2,1-2H3. The summed E-state index contributed by atoms with van der Waals surface area (Å²) in [7, 11) is 0. The van der Waals surface area contributed by atoms with Crippen LogP contribution in [-0.2, 0) is 6.42 Å². The maximum Gasteiger partial charge on any atom is 0.257 e. The summed E-state index contributed by atoms with van der Waals surface area (Å²) in [6, 6.07) is 0. The lowest BCUT2D eigenvalue weighted by Gasteiger charge is -2.22. The second-order valence-corrected chi connectivity index (χ2v) is 6.15. The summed E-state index contributed by atoms with van der Waals surface area (Å²) in [5.74, 6) is 2.33. The predicted molar refractivity (Wildman–Crippen MR) is 77.5 cm³/mol. The molecule has 0 bridgehead atoms. The Balaban J connectivity index is 1.79. The fourth-order valence-electron chi connectivity index (χ4n) is 3.71. The number of amides is 1. The van der Waals surface area contributed by atoms with Crippen LogP contribution in [0.15, 0.2) is 6.20 Å². The van der Waals surface area contributed by atoms with Gasteiger partial charge in [-0.25, -0.2) is 9.97 Å². The Kier molecular flexibility index (Phi) is 3.72. The van der Waals surface area contributed by atoms with Gasteiger partial charge in [-0.2, -0.15) is 0 Å². The van der Waals surface area contributed by atoms with Gasteiger partial charge in [-0.1, -0.05) is 19.8 Å². The lowest BCUT2D eigenvalue weighted by atomic mass is 9.82. The number of aromatic nitrogens is 2. The van der Waals surface area contributed by atoms with E-state index in [9.17, 15) is 4.79 Å². The number of fused-ring (bicyclic) bond motifs is 1. The number of nitrogens with zero attached hydrogens (tertiary/aromatic N) is 3. The van der Waals surface area contributed by atoms with Gasteiger partial charge in [0, 0.05) is 19.3 Å². The van der Waals surface area contributed by atoms with E-state index in [2.05, 4.69) is 9.97 Å². The third-order valence-corrected chi connectivity index (χ3v) is 4.82. The summed E-state index contributed by atoms with van der Waals surface area (Å²) in [6.45, 7) is 5.78.